The van der Waals surface area contributed by atoms with E-state index in [-0.39, 0.29) is 22.8 Å². The summed E-state index contributed by atoms with van der Waals surface area (Å²) in [7, 11) is 1.56. The summed E-state index contributed by atoms with van der Waals surface area (Å²) < 4.78 is 7.11. The van der Waals surface area contributed by atoms with E-state index in [4.69, 9.17) is 27.9 Å². The van der Waals surface area contributed by atoms with E-state index < -0.39 is 0 Å². The van der Waals surface area contributed by atoms with Crippen LogP contribution in [0.2, 0.25) is 10.0 Å². The molecule has 238 valence electrons. The van der Waals surface area contributed by atoms with Gasteiger partial charge in [0, 0.05) is 31.6 Å². The molecule has 1 atom stereocenters. The number of benzene rings is 3. The SMILES string of the molecule is COc1ccc(-n2cnnn2)cc1C(=O)N1CC[C@](CCN2CCC3(CC2)NC(=O)Cc2ccccc23)(c2ccc(Cl)c(Cl)c2)C1. The highest BCUT2D eigenvalue weighted by Crippen LogP contribution is 2.43. The molecule has 3 aliphatic heterocycles. The van der Waals surface area contributed by atoms with Crippen LogP contribution in [0, 0.1) is 0 Å². The lowest BCUT2D eigenvalue weighted by Crippen LogP contribution is -2.56. The summed E-state index contributed by atoms with van der Waals surface area (Å²) in [5.41, 5.74) is 3.97. The van der Waals surface area contributed by atoms with Crippen molar-refractivity contribution in [3.8, 4) is 11.4 Å². The van der Waals surface area contributed by atoms with Crippen LogP contribution >= 0.6 is 23.2 Å². The maximum atomic E-state index is 14.1. The zero-order chi connectivity index (χ0) is 31.9. The molecular formula is C34H35Cl2N7O3. The summed E-state index contributed by atoms with van der Waals surface area (Å²) in [6.07, 6.45) is 5.27. The van der Waals surface area contributed by atoms with E-state index in [0.29, 0.717) is 46.6 Å². The third-order valence-electron chi connectivity index (χ3n) is 10.1. The Kier molecular flexibility index (Phi) is 8.21. The molecule has 1 aromatic heterocycles. The number of fused-ring (bicyclic) bond motifs is 2. The number of nitrogens with one attached hydrogen (secondary N) is 1. The van der Waals surface area contributed by atoms with Crippen LogP contribution in [0.15, 0.2) is 67.0 Å². The van der Waals surface area contributed by atoms with Gasteiger partial charge in [0.2, 0.25) is 5.91 Å². The number of amides is 2. The van der Waals surface area contributed by atoms with Crippen LogP contribution in [0.25, 0.3) is 5.69 Å². The molecule has 2 fully saturated rings. The second-order valence-corrected chi connectivity index (χ2v) is 13.4. The summed E-state index contributed by atoms with van der Waals surface area (Å²) in [5.74, 6) is 0.481. The first kappa shape index (κ1) is 30.7. The van der Waals surface area contributed by atoms with Gasteiger partial charge in [0.25, 0.3) is 5.91 Å². The standard InChI is InChI=1S/C34H35Cl2N7O3/c1-46-30-9-7-25(43-22-37-39-40-43)20-26(30)32(45)42-17-11-33(21-42,24-6-8-28(35)29(36)19-24)10-14-41-15-12-34(13-16-41)27-5-3-2-4-23(27)18-31(44)38-34/h2-9,19-20,22H,10-18,21H2,1H3,(H,38,44)/t33-/m0/s1. The molecule has 2 saturated heterocycles. The number of tetrazole rings is 1. The van der Waals surface area contributed by atoms with Gasteiger partial charge in [-0.25, -0.2) is 4.68 Å². The number of methoxy groups -OCH3 is 1. The number of piperidine rings is 1. The average Bonchev–Trinajstić information content (AvgIpc) is 3.77. The molecule has 46 heavy (non-hydrogen) atoms. The van der Waals surface area contributed by atoms with Crippen molar-refractivity contribution in [2.75, 3.05) is 39.8 Å². The van der Waals surface area contributed by atoms with Crippen molar-refractivity contribution in [1.29, 1.82) is 0 Å². The van der Waals surface area contributed by atoms with E-state index in [1.54, 1.807) is 19.2 Å². The smallest absolute Gasteiger partial charge is 0.257 e. The minimum Gasteiger partial charge on any atom is -0.496 e. The molecule has 10 nitrogen and oxygen atoms in total. The highest BCUT2D eigenvalue weighted by Gasteiger charge is 2.44. The van der Waals surface area contributed by atoms with E-state index in [1.807, 2.05) is 35.2 Å². The molecule has 2 amide bonds. The van der Waals surface area contributed by atoms with Crippen LogP contribution in [0.1, 0.15) is 52.7 Å². The first-order valence-electron chi connectivity index (χ1n) is 15.6. The number of carbonyl (C=O) groups is 2. The molecule has 3 aliphatic rings. The van der Waals surface area contributed by atoms with Crippen molar-refractivity contribution in [3.05, 3.63) is 99.3 Å². The molecule has 0 radical (unpaired) electrons. The minimum atomic E-state index is -0.314. The van der Waals surface area contributed by atoms with Gasteiger partial charge in [-0.15, -0.1) is 5.10 Å². The van der Waals surface area contributed by atoms with Crippen molar-refractivity contribution in [1.82, 2.24) is 35.3 Å². The normalized spacial score (nSPS) is 20.8. The van der Waals surface area contributed by atoms with Gasteiger partial charge in [0.05, 0.1) is 40.4 Å². The molecule has 12 heteroatoms. The predicted octanol–water partition coefficient (Wildman–Crippen LogP) is 4.82. The van der Waals surface area contributed by atoms with E-state index in [0.717, 1.165) is 56.4 Å². The first-order valence-corrected chi connectivity index (χ1v) is 16.3. The van der Waals surface area contributed by atoms with E-state index in [2.05, 4.69) is 43.9 Å². The summed E-state index contributed by atoms with van der Waals surface area (Å²) >= 11 is 12.9. The lowest BCUT2D eigenvalue weighted by molar-refractivity contribution is -0.124. The Labute approximate surface area is 277 Å². The average molecular weight is 661 g/mol. The molecule has 0 aliphatic carbocycles. The van der Waals surface area contributed by atoms with E-state index in [1.165, 1.54) is 16.6 Å². The largest absolute Gasteiger partial charge is 0.496 e. The van der Waals surface area contributed by atoms with Gasteiger partial charge in [-0.3, -0.25) is 9.59 Å². The van der Waals surface area contributed by atoms with Gasteiger partial charge in [-0.1, -0.05) is 53.5 Å². The van der Waals surface area contributed by atoms with Crippen LogP contribution < -0.4 is 10.1 Å². The summed E-state index contributed by atoms with van der Waals surface area (Å²) in [6, 6.07) is 19.5. The fraction of sp³-hybridized carbons (Fsp3) is 0.382. The Hall–Kier alpha value is -3.99. The lowest BCUT2D eigenvalue weighted by Gasteiger charge is -2.46. The molecule has 7 rings (SSSR count). The number of rotatable bonds is 7. The molecule has 4 heterocycles. The molecular weight excluding hydrogens is 625 g/mol. The molecule has 0 saturated carbocycles. The van der Waals surface area contributed by atoms with Crippen LogP contribution in [0.4, 0.5) is 0 Å². The van der Waals surface area contributed by atoms with Gasteiger partial charge < -0.3 is 19.9 Å². The second-order valence-electron chi connectivity index (χ2n) is 12.6. The number of ether oxygens (including phenoxy) is 1. The van der Waals surface area contributed by atoms with Gasteiger partial charge in [-0.2, -0.15) is 0 Å². The Morgan fingerprint density at radius 2 is 1.83 bits per heavy atom. The Balaban J connectivity index is 1.11. The minimum absolute atomic E-state index is 0.0987. The second kappa shape index (κ2) is 12.3. The molecule has 1 N–H and O–H groups in total. The molecule has 1 spiro atoms. The number of hydrogen-bond donors (Lipinski definition) is 1. The fourth-order valence-electron chi connectivity index (χ4n) is 7.53. The molecule has 4 aromatic rings. The molecule has 0 bridgehead atoms. The van der Waals surface area contributed by atoms with Crippen molar-refractivity contribution < 1.29 is 14.3 Å². The number of halogens is 2. The number of likely N-dealkylation sites (tertiary alicyclic amines) is 2. The molecule has 0 unspecified atom stereocenters. The van der Waals surface area contributed by atoms with E-state index >= 15 is 0 Å². The van der Waals surface area contributed by atoms with Crippen molar-refractivity contribution >= 4 is 35.0 Å². The summed E-state index contributed by atoms with van der Waals surface area (Å²) in [5, 5.41) is 15.8. The number of nitrogens with zero attached hydrogens (tertiary/aromatic N) is 6. The maximum absolute atomic E-state index is 14.1. The van der Waals surface area contributed by atoms with Crippen molar-refractivity contribution in [2.45, 2.75) is 43.1 Å². The van der Waals surface area contributed by atoms with Crippen molar-refractivity contribution in [2.24, 2.45) is 0 Å². The number of aromatic nitrogens is 4. The zero-order valence-corrected chi connectivity index (χ0v) is 27.1. The Morgan fingerprint density at radius 3 is 2.59 bits per heavy atom. The van der Waals surface area contributed by atoms with Gasteiger partial charge in [0.15, 0.2) is 0 Å². The van der Waals surface area contributed by atoms with Crippen LogP contribution in [0.3, 0.4) is 0 Å². The highest BCUT2D eigenvalue weighted by molar-refractivity contribution is 6.42. The van der Waals surface area contributed by atoms with E-state index in [9.17, 15) is 9.59 Å². The van der Waals surface area contributed by atoms with Gasteiger partial charge in [0.1, 0.15) is 12.1 Å². The Bertz CT molecular complexity index is 1770. The fourth-order valence-corrected chi connectivity index (χ4v) is 7.83. The number of hydrogen-bond acceptors (Lipinski definition) is 7. The van der Waals surface area contributed by atoms with Gasteiger partial charge >= 0.3 is 0 Å². The first-order chi connectivity index (χ1) is 22.3. The summed E-state index contributed by atoms with van der Waals surface area (Å²) in [4.78, 5) is 31.1. The zero-order valence-electron chi connectivity index (χ0n) is 25.6. The molecule has 3 aromatic carbocycles. The lowest BCUT2D eigenvalue weighted by atomic mass is 9.74. The monoisotopic (exact) mass is 659 g/mol. The topological polar surface area (TPSA) is 105 Å². The third-order valence-corrected chi connectivity index (χ3v) is 10.8. The summed E-state index contributed by atoms with van der Waals surface area (Å²) in [6.45, 7) is 3.71. The maximum Gasteiger partial charge on any atom is 0.257 e. The third kappa shape index (κ3) is 5.63. The Morgan fingerprint density at radius 1 is 1.00 bits per heavy atom. The quantitative estimate of drug-likeness (QED) is 0.303. The highest BCUT2D eigenvalue weighted by atomic mass is 35.5. The van der Waals surface area contributed by atoms with Crippen LogP contribution in [0.5, 0.6) is 5.75 Å². The van der Waals surface area contributed by atoms with Crippen LogP contribution in [-0.4, -0.2) is 81.7 Å². The number of carbonyl (C=O) groups excluding carboxylic acids is 2. The van der Waals surface area contributed by atoms with Gasteiger partial charge in [-0.05, 0) is 89.7 Å². The van der Waals surface area contributed by atoms with Crippen molar-refractivity contribution in [3.63, 3.8) is 0 Å². The van der Waals surface area contributed by atoms with Crippen LogP contribution in [-0.2, 0) is 22.2 Å². The predicted molar refractivity (Wildman–Crippen MR) is 175 cm³/mol.